The molecular weight excluding hydrogens is 430 g/mol. The molecule has 0 radical (unpaired) electrons. The third kappa shape index (κ3) is 3.16. The van der Waals surface area contributed by atoms with Crippen molar-refractivity contribution < 1.29 is 19.4 Å². The molecule has 0 bridgehead atoms. The molecule has 1 saturated heterocycles. The van der Waals surface area contributed by atoms with Crippen molar-refractivity contribution in [3.63, 3.8) is 0 Å². The number of benzene rings is 2. The molecule has 34 heavy (non-hydrogen) atoms. The number of aromatic amines is 1. The number of amides is 1. The van der Waals surface area contributed by atoms with Crippen LogP contribution in [0.15, 0.2) is 78.8 Å². The normalized spacial score (nSPS) is 18.9. The van der Waals surface area contributed by atoms with Crippen LogP contribution in [0.2, 0.25) is 0 Å². The monoisotopic (exact) mass is 451 g/mol. The molecule has 2 aliphatic heterocycles. The van der Waals surface area contributed by atoms with E-state index < -0.39 is 17.7 Å². The summed E-state index contributed by atoms with van der Waals surface area (Å²) in [7, 11) is 0. The zero-order valence-corrected chi connectivity index (χ0v) is 18.2. The van der Waals surface area contributed by atoms with Gasteiger partial charge in [-0.25, -0.2) is 0 Å². The molecule has 1 atom stereocenters. The summed E-state index contributed by atoms with van der Waals surface area (Å²) in [5.41, 5.74) is 3.98. The van der Waals surface area contributed by atoms with E-state index in [-0.39, 0.29) is 17.9 Å². The van der Waals surface area contributed by atoms with E-state index in [1.807, 2.05) is 36.4 Å². The highest BCUT2D eigenvalue weighted by Gasteiger charge is 2.47. The molecule has 4 heterocycles. The summed E-state index contributed by atoms with van der Waals surface area (Å²) >= 11 is 0. The Morgan fingerprint density at radius 3 is 2.88 bits per heavy atom. The number of ether oxygens (including phenoxy) is 1. The maximum absolute atomic E-state index is 13.3. The molecule has 2 N–H and O–H groups in total. The minimum atomic E-state index is -0.749. The summed E-state index contributed by atoms with van der Waals surface area (Å²) in [5.74, 6) is -0.752. The Kier molecular flexibility index (Phi) is 4.69. The second-order valence-corrected chi connectivity index (χ2v) is 8.50. The lowest BCUT2D eigenvalue weighted by Gasteiger charge is -2.25. The van der Waals surface area contributed by atoms with Gasteiger partial charge in [0.1, 0.15) is 11.5 Å². The number of carbonyl (C=O) groups excluding carboxylic acids is 2. The molecule has 7 nitrogen and oxygen atoms in total. The van der Waals surface area contributed by atoms with Gasteiger partial charge in [0.05, 0.1) is 18.2 Å². The summed E-state index contributed by atoms with van der Waals surface area (Å²) in [5, 5.41) is 12.3. The van der Waals surface area contributed by atoms with E-state index in [1.54, 1.807) is 36.8 Å². The largest absolute Gasteiger partial charge is 0.507 e. The fraction of sp³-hybridized carbons (Fsp3) is 0.148. The van der Waals surface area contributed by atoms with E-state index in [4.69, 9.17) is 4.74 Å². The van der Waals surface area contributed by atoms with Gasteiger partial charge in [0.2, 0.25) is 0 Å². The van der Waals surface area contributed by atoms with Gasteiger partial charge in [0.25, 0.3) is 11.7 Å². The van der Waals surface area contributed by atoms with Crippen LogP contribution in [0.3, 0.4) is 0 Å². The van der Waals surface area contributed by atoms with E-state index >= 15 is 0 Å². The highest BCUT2D eigenvalue weighted by atomic mass is 16.5. The van der Waals surface area contributed by atoms with Crippen LogP contribution in [0.1, 0.15) is 28.3 Å². The minimum Gasteiger partial charge on any atom is -0.507 e. The Hall–Kier alpha value is -4.39. The van der Waals surface area contributed by atoms with Crippen molar-refractivity contribution in [3.05, 3.63) is 101 Å². The number of H-pyrrole nitrogens is 1. The van der Waals surface area contributed by atoms with Crippen molar-refractivity contribution in [1.29, 1.82) is 0 Å². The lowest BCUT2D eigenvalue weighted by Crippen LogP contribution is -2.29. The number of Topliss-reactive ketones (excluding diaryl/α,β-unsaturated/α-hetero) is 1. The topological polar surface area (TPSA) is 95.5 Å². The van der Waals surface area contributed by atoms with E-state index in [2.05, 4.69) is 9.97 Å². The molecule has 1 unspecified atom stereocenters. The Balaban J connectivity index is 1.53. The number of aliphatic hydroxyl groups excluding tert-OH is 1. The first-order chi connectivity index (χ1) is 16.6. The average Bonchev–Trinajstić information content (AvgIpc) is 3.57. The summed E-state index contributed by atoms with van der Waals surface area (Å²) in [6.07, 6.45) is 5.87. The number of nitrogens with one attached hydrogen (secondary N) is 1. The van der Waals surface area contributed by atoms with Crippen LogP contribution in [0.5, 0.6) is 5.75 Å². The van der Waals surface area contributed by atoms with E-state index in [0.29, 0.717) is 12.2 Å². The summed E-state index contributed by atoms with van der Waals surface area (Å²) in [6.45, 7) is 0.780. The number of fused-ring (bicyclic) bond motifs is 2. The number of hydrogen-bond donors (Lipinski definition) is 2. The quantitative estimate of drug-likeness (QED) is 0.277. The molecule has 1 fully saturated rings. The van der Waals surface area contributed by atoms with Crippen LogP contribution in [-0.2, 0) is 22.6 Å². The number of rotatable bonds is 4. The number of hydrogen-bond acceptors (Lipinski definition) is 5. The number of aromatic nitrogens is 2. The van der Waals surface area contributed by atoms with Crippen LogP contribution in [0.25, 0.3) is 16.7 Å². The minimum absolute atomic E-state index is 0.0810. The van der Waals surface area contributed by atoms with Crippen molar-refractivity contribution in [2.45, 2.75) is 19.0 Å². The van der Waals surface area contributed by atoms with Gasteiger partial charge in [-0.15, -0.1) is 0 Å². The molecular formula is C27H21N3O4. The van der Waals surface area contributed by atoms with E-state index in [1.165, 1.54) is 4.90 Å². The first-order valence-corrected chi connectivity index (χ1v) is 11.1. The van der Waals surface area contributed by atoms with Crippen LogP contribution in [-0.4, -0.2) is 38.3 Å². The third-order valence-electron chi connectivity index (χ3n) is 6.49. The number of carbonyl (C=O) groups is 2. The summed E-state index contributed by atoms with van der Waals surface area (Å²) in [6, 6.07) is 16.0. The fourth-order valence-corrected chi connectivity index (χ4v) is 4.86. The molecule has 0 saturated carbocycles. The average molecular weight is 451 g/mol. The predicted octanol–water partition coefficient (Wildman–Crippen LogP) is 4.12. The Bertz CT molecular complexity index is 1470. The first kappa shape index (κ1) is 20.2. The smallest absolute Gasteiger partial charge is 0.295 e. The Labute approximate surface area is 195 Å². The summed E-state index contributed by atoms with van der Waals surface area (Å²) < 4.78 is 5.57. The maximum Gasteiger partial charge on any atom is 0.295 e. The van der Waals surface area contributed by atoms with Gasteiger partial charge in [-0.05, 0) is 41.5 Å². The number of ketones is 1. The van der Waals surface area contributed by atoms with Crippen molar-refractivity contribution in [3.8, 4) is 5.75 Å². The van der Waals surface area contributed by atoms with Gasteiger partial charge in [-0.3, -0.25) is 14.6 Å². The number of aliphatic hydroxyl groups is 1. The zero-order valence-electron chi connectivity index (χ0n) is 18.2. The first-order valence-electron chi connectivity index (χ1n) is 11.1. The Morgan fingerprint density at radius 1 is 1.15 bits per heavy atom. The second-order valence-electron chi connectivity index (χ2n) is 8.50. The van der Waals surface area contributed by atoms with Crippen molar-refractivity contribution in [2.24, 2.45) is 0 Å². The number of para-hydroxylation sites is 1. The third-order valence-corrected chi connectivity index (χ3v) is 6.49. The molecule has 2 aromatic carbocycles. The molecule has 2 aliphatic rings. The Morgan fingerprint density at radius 2 is 2.03 bits per heavy atom. The SMILES string of the molecule is O=C1C(=O)N(Cc2cccnc2)C(c2c[nH]c3ccccc23)/C1=C(\O)c1ccc2c(c1)CCO2. The molecule has 0 aliphatic carbocycles. The molecule has 7 heteroatoms. The van der Waals surface area contributed by atoms with E-state index in [9.17, 15) is 14.7 Å². The molecule has 0 spiro atoms. The number of nitrogens with zero attached hydrogens (tertiary/aromatic N) is 2. The zero-order chi connectivity index (χ0) is 23.2. The van der Waals surface area contributed by atoms with Gasteiger partial charge in [0.15, 0.2) is 0 Å². The van der Waals surface area contributed by atoms with Crippen LogP contribution in [0.4, 0.5) is 0 Å². The lowest BCUT2D eigenvalue weighted by molar-refractivity contribution is -0.140. The van der Waals surface area contributed by atoms with Gasteiger partial charge in [0, 0.05) is 53.6 Å². The fourth-order valence-electron chi connectivity index (χ4n) is 4.86. The molecule has 2 aromatic heterocycles. The summed E-state index contributed by atoms with van der Waals surface area (Å²) in [4.78, 5) is 35.5. The molecule has 4 aromatic rings. The molecule has 168 valence electrons. The van der Waals surface area contributed by atoms with E-state index in [0.717, 1.165) is 39.8 Å². The van der Waals surface area contributed by atoms with Crippen molar-refractivity contribution in [1.82, 2.24) is 14.9 Å². The standard InChI is InChI=1S/C27H21N3O4/c31-25(18-7-8-22-17(12-18)9-11-34-22)23-24(20-14-29-21-6-2-1-5-19(20)21)30(27(33)26(23)32)15-16-4-3-10-28-13-16/h1-8,10,12-14,24,29,31H,9,11,15H2/b25-23+. The number of pyridine rings is 1. The lowest BCUT2D eigenvalue weighted by atomic mass is 9.94. The van der Waals surface area contributed by atoms with Crippen molar-refractivity contribution >= 4 is 28.4 Å². The van der Waals surface area contributed by atoms with Gasteiger partial charge in [-0.2, -0.15) is 0 Å². The van der Waals surface area contributed by atoms with Crippen LogP contribution in [0, 0.1) is 0 Å². The maximum atomic E-state index is 13.3. The molecule has 1 amide bonds. The number of likely N-dealkylation sites (tertiary alicyclic amines) is 1. The van der Waals surface area contributed by atoms with Crippen LogP contribution >= 0.6 is 0 Å². The second kappa shape index (κ2) is 7.88. The van der Waals surface area contributed by atoms with Gasteiger partial charge >= 0.3 is 0 Å². The van der Waals surface area contributed by atoms with Crippen molar-refractivity contribution in [2.75, 3.05) is 6.61 Å². The highest BCUT2D eigenvalue weighted by Crippen LogP contribution is 2.43. The molecule has 6 rings (SSSR count). The highest BCUT2D eigenvalue weighted by molar-refractivity contribution is 6.46. The van der Waals surface area contributed by atoms with Gasteiger partial charge in [-0.1, -0.05) is 24.3 Å². The van der Waals surface area contributed by atoms with Gasteiger partial charge < -0.3 is 19.7 Å². The predicted molar refractivity (Wildman–Crippen MR) is 126 cm³/mol. The van der Waals surface area contributed by atoms with Crippen LogP contribution < -0.4 is 4.74 Å².